The molecule has 3 aromatic rings. The van der Waals surface area contributed by atoms with Crippen molar-refractivity contribution in [1.82, 2.24) is 15.3 Å². The Hall–Kier alpha value is -3.72. The molecule has 0 saturated heterocycles. The first kappa shape index (κ1) is 45.0. The van der Waals surface area contributed by atoms with Crippen molar-refractivity contribution >= 4 is 34.7 Å². The number of ether oxygens (including phenoxy) is 3. The average molecular weight is 788 g/mol. The van der Waals surface area contributed by atoms with Gasteiger partial charge in [0.2, 0.25) is 0 Å². The molecule has 2 heterocycles. The van der Waals surface area contributed by atoms with Crippen LogP contribution in [0.1, 0.15) is 161 Å². The number of H-pyrrole nitrogens is 1. The number of rotatable bonds is 25. The summed E-state index contributed by atoms with van der Waals surface area (Å²) in [6.07, 6.45) is 18.4. The molecule has 308 valence electrons. The number of carbonyl (C=O) groups is 2. The third-order valence-corrected chi connectivity index (χ3v) is 11.2. The van der Waals surface area contributed by atoms with Gasteiger partial charge in [0.1, 0.15) is 5.75 Å². The van der Waals surface area contributed by atoms with Gasteiger partial charge in [-0.25, -0.2) is 14.6 Å². The molecule has 1 atom stereocenters. The van der Waals surface area contributed by atoms with Crippen molar-refractivity contribution in [2.75, 3.05) is 12.4 Å². The monoisotopic (exact) mass is 787 g/mol. The van der Waals surface area contributed by atoms with Crippen LogP contribution in [0.3, 0.4) is 0 Å². The Labute approximate surface area is 341 Å². The van der Waals surface area contributed by atoms with E-state index < -0.39 is 17.9 Å². The van der Waals surface area contributed by atoms with E-state index in [0.717, 1.165) is 52.1 Å². The van der Waals surface area contributed by atoms with Gasteiger partial charge in [0, 0.05) is 22.7 Å². The smallest absolute Gasteiger partial charge is 0.337 e. The number of fused-ring (bicyclic) bond motifs is 1. The Morgan fingerprint density at radius 2 is 1.43 bits per heavy atom. The van der Waals surface area contributed by atoms with E-state index in [4.69, 9.17) is 19.2 Å². The first-order valence-corrected chi connectivity index (χ1v) is 22.5. The predicted molar refractivity (Wildman–Crippen MR) is 231 cm³/mol. The van der Waals surface area contributed by atoms with Crippen molar-refractivity contribution in [3.05, 3.63) is 75.6 Å². The van der Waals surface area contributed by atoms with Gasteiger partial charge in [-0.2, -0.15) is 0 Å². The van der Waals surface area contributed by atoms with Gasteiger partial charge < -0.3 is 24.5 Å². The zero-order chi connectivity index (χ0) is 40.5. The van der Waals surface area contributed by atoms with Crippen LogP contribution in [0.4, 0.5) is 0 Å². The number of carbonyl (C=O) groups excluding carboxylic acids is 2. The van der Waals surface area contributed by atoms with Crippen molar-refractivity contribution in [2.45, 2.75) is 175 Å². The van der Waals surface area contributed by atoms with Gasteiger partial charge in [0.15, 0.2) is 5.16 Å². The summed E-state index contributed by atoms with van der Waals surface area (Å²) in [5, 5.41) is 4.20. The molecule has 1 unspecified atom stereocenters. The Morgan fingerprint density at radius 1 is 0.786 bits per heavy atom. The zero-order valence-electron chi connectivity index (χ0n) is 35.6. The van der Waals surface area contributed by atoms with Crippen molar-refractivity contribution in [2.24, 2.45) is 0 Å². The second-order valence-corrected chi connectivity index (χ2v) is 16.8. The zero-order valence-corrected chi connectivity index (χ0v) is 36.4. The van der Waals surface area contributed by atoms with Gasteiger partial charge in [0.05, 0.1) is 46.9 Å². The molecule has 4 rings (SSSR count). The first-order valence-electron chi connectivity index (χ1n) is 21.5. The van der Waals surface area contributed by atoms with Gasteiger partial charge in [-0.3, -0.25) is 0 Å². The van der Waals surface area contributed by atoms with Crippen LogP contribution in [-0.4, -0.2) is 46.5 Å². The summed E-state index contributed by atoms with van der Waals surface area (Å²) in [4.78, 5) is 36.6. The molecule has 0 amide bonds. The maximum Gasteiger partial charge on any atom is 0.337 e. The van der Waals surface area contributed by atoms with Crippen molar-refractivity contribution < 1.29 is 23.8 Å². The lowest BCUT2D eigenvalue weighted by molar-refractivity contribution is -0.143. The highest BCUT2D eigenvalue weighted by Gasteiger charge is 2.41. The topological polar surface area (TPSA) is 103 Å². The number of nitrogens with one attached hydrogen (secondary N) is 2. The third kappa shape index (κ3) is 13.5. The molecule has 56 heavy (non-hydrogen) atoms. The number of aromatic amines is 1. The minimum absolute atomic E-state index is 0.121. The molecule has 2 aromatic carbocycles. The SMILES string of the molecule is CCCCCCCCCCCCCCCCc1cccc(OC(C)C)c1C1C(C(=O)OCC)=C(C)NC(CSc2nc3ccc(C)cc3[nH]2)=C1C(=O)OC(C)C. The fraction of sp³-hybridized carbons (Fsp3) is 0.596. The summed E-state index contributed by atoms with van der Waals surface area (Å²) < 4.78 is 18.2. The van der Waals surface area contributed by atoms with E-state index in [2.05, 4.69) is 36.3 Å². The second-order valence-electron chi connectivity index (χ2n) is 15.9. The minimum atomic E-state index is -0.757. The summed E-state index contributed by atoms with van der Waals surface area (Å²) in [6.45, 7) is 15.9. The summed E-state index contributed by atoms with van der Waals surface area (Å²) in [5.74, 6) is -0.624. The Kier molecular flexibility index (Phi) is 18.9. The number of aryl methyl sites for hydroxylation is 2. The fourth-order valence-electron chi connectivity index (χ4n) is 7.61. The van der Waals surface area contributed by atoms with Gasteiger partial charge in [0.25, 0.3) is 0 Å². The molecule has 9 heteroatoms. The van der Waals surface area contributed by atoms with E-state index in [1.54, 1.807) is 6.92 Å². The van der Waals surface area contributed by atoms with Crippen LogP contribution in [-0.2, 0) is 25.5 Å². The Bertz CT molecular complexity index is 1770. The van der Waals surface area contributed by atoms with Crippen LogP contribution < -0.4 is 10.1 Å². The van der Waals surface area contributed by atoms with E-state index in [1.807, 2.05) is 58.9 Å². The molecule has 0 bridgehead atoms. The van der Waals surface area contributed by atoms with Crippen molar-refractivity contribution in [1.29, 1.82) is 0 Å². The molecule has 0 fully saturated rings. The maximum absolute atomic E-state index is 14.4. The van der Waals surface area contributed by atoms with Crippen LogP contribution in [0, 0.1) is 6.92 Å². The molecular weight excluding hydrogens is 719 g/mol. The molecule has 0 radical (unpaired) electrons. The number of dihydropyridines is 1. The molecule has 2 N–H and O–H groups in total. The van der Waals surface area contributed by atoms with Crippen molar-refractivity contribution in [3.63, 3.8) is 0 Å². The summed E-state index contributed by atoms with van der Waals surface area (Å²) in [6, 6.07) is 12.2. The second kappa shape index (κ2) is 23.5. The lowest BCUT2D eigenvalue weighted by Crippen LogP contribution is -2.35. The third-order valence-electron chi connectivity index (χ3n) is 10.3. The van der Waals surface area contributed by atoms with Gasteiger partial charge in [-0.15, -0.1) is 0 Å². The number of esters is 2. The molecule has 0 saturated carbocycles. The fourth-order valence-corrected chi connectivity index (χ4v) is 8.46. The maximum atomic E-state index is 14.4. The minimum Gasteiger partial charge on any atom is -0.491 e. The number of allylic oxidation sites excluding steroid dienone is 1. The van der Waals surface area contributed by atoms with Crippen molar-refractivity contribution in [3.8, 4) is 5.75 Å². The predicted octanol–water partition coefficient (Wildman–Crippen LogP) is 12.2. The quantitative estimate of drug-likeness (QED) is 0.0497. The summed E-state index contributed by atoms with van der Waals surface area (Å²) >= 11 is 1.50. The molecule has 1 aliphatic rings. The molecular formula is C47H69N3O5S. The number of hydrogen-bond donors (Lipinski definition) is 2. The Morgan fingerprint density at radius 3 is 2.04 bits per heavy atom. The summed E-state index contributed by atoms with van der Waals surface area (Å²) in [7, 11) is 0. The van der Waals surface area contributed by atoms with Crippen LogP contribution in [0.25, 0.3) is 11.0 Å². The van der Waals surface area contributed by atoms with Gasteiger partial charge in [-0.05, 0) is 90.6 Å². The van der Waals surface area contributed by atoms with Crippen LogP contribution in [0.5, 0.6) is 5.75 Å². The average Bonchev–Trinajstić information content (AvgIpc) is 3.55. The highest BCUT2D eigenvalue weighted by atomic mass is 32.2. The largest absolute Gasteiger partial charge is 0.491 e. The standard InChI is InChI=1S/C47H69N3O5S/c1-9-11-12-13-14-15-16-17-18-19-20-21-22-23-25-36-26-24-27-40(54-32(3)4)42(36)44-41(45(51)53-10-2)35(8)48-39(43(44)46(52)55-33(5)6)31-56-47-49-37-29-28-34(7)30-38(37)50-47/h24,26-30,32-33,44,48H,9-23,25,31H2,1-8H3,(H,49,50). The highest BCUT2D eigenvalue weighted by molar-refractivity contribution is 7.99. The van der Waals surface area contributed by atoms with Gasteiger partial charge in [-0.1, -0.05) is 120 Å². The van der Waals surface area contributed by atoms with E-state index in [1.165, 1.54) is 88.8 Å². The molecule has 1 aromatic heterocycles. The highest BCUT2D eigenvalue weighted by Crippen LogP contribution is 2.46. The van der Waals surface area contributed by atoms with Gasteiger partial charge >= 0.3 is 11.9 Å². The molecule has 0 aliphatic carbocycles. The lowest BCUT2D eigenvalue weighted by Gasteiger charge is -2.34. The van der Waals surface area contributed by atoms with E-state index in [-0.39, 0.29) is 18.8 Å². The number of imidazole rings is 1. The van der Waals surface area contributed by atoms with E-state index in [0.29, 0.717) is 34.0 Å². The Balaban J connectivity index is 1.61. The lowest BCUT2D eigenvalue weighted by atomic mass is 9.77. The first-order chi connectivity index (χ1) is 27.0. The number of nitrogens with zero attached hydrogens (tertiary/aromatic N) is 1. The van der Waals surface area contributed by atoms with Crippen LogP contribution in [0.15, 0.2) is 64.1 Å². The van der Waals surface area contributed by atoms with Crippen LogP contribution >= 0.6 is 11.8 Å². The molecule has 8 nitrogen and oxygen atoms in total. The molecule has 1 aliphatic heterocycles. The van der Waals surface area contributed by atoms with E-state index in [9.17, 15) is 9.59 Å². The summed E-state index contributed by atoms with van der Waals surface area (Å²) in [5.41, 5.74) is 7.01. The molecule has 0 spiro atoms. The number of benzene rings is 2. The van der Waals surface area contributed by atoms with Crippen LogP contribution in [0.2, 0.25) is 0 Å². The number of thioether (sulfide) groups is 1. The number of aromatic nitrogens is 2. The number of unbranched alkanes of at least 4 members (excludes halogenated alkanes) is 13. The number of hydrogen-bond acceptors (Lipinski definition) is 8. The normalized spacial score (nSPS) is 14.6. The van der Waals surface area contributed by atoms with E-state index >= 15 is 0 Å².